The number of carbonyl (C=O) groups excluding carboxylic acids is 1. The normalized spacial score (nSPS) is 16.9. The monoisotopic (exact) mass is 345 g/mol. The molecule has 2 N–H and O–H groups in total. The number of aromatic amines is 1. The number of benzene rings is 1. The number of nitrogens with zero attached hydrogens (tertiary/aromatic N) is 3. The topological polar surface area (TPSA) is 92.4 Å². The lowest BCUT2D eigenvalue weighted by Gasteiger charge is -2.23. The maximum absolute atomic E-state index is 12.7. The molecule has 0 aliphatic carbocycles. The van der Waals surface area contributed by atoms with Gasteiger partial charge in [-0.2, -0.15) is 5.10 Å². The van der Waals surface area contributed by atoms with Gasteiger partial charge in [0, 0.05) is 25.4 Å². The van der Waals surface area contributed by atoms with Crippen molar-refractivity contribution >= 4 is 11.7 Å². The van der Waals surface area contributed by atoms with Gasteiger partial charge < -0.3 is 19.7 Å². The van der Waals surface area contributed by atoms with Crippen molar-refractivity contribution in [1.29, 1.82) is 0 Å². The lowest BCUT2D eigenvalue weighted by Crippen LogP contribution is -2.34. The maximum Gasteiger partial charge on any atom is 0.322 e. The number of methoxy groups -OCH3 is 1. The highest BCUT2D eigenvalue weighted by atomic mass is 16.5. The summed E-state index contributed by atoms with van der Waals surface area (Å²) in [5.41, 5.74) is 0.691. The smallest absolute Gasteiger partial charge is 0.322 e. The van der Waals surface area contributed by atoms with Gasteiger partial charge in [0.1, 0.15) is 18.2 Å². The molecule has 8 heteroatoms. The third-order valence-corrected chi connectivity index (χ3v) is 4.07. The van der Waals surface area contributed by atoms with Crippen LogP contribution in [0.25, 0.3) is 0 Å². The van der Waals surface area contributed by atoms with Crippen LogP contribution in [0.15, 0.2) is 24.3 Å². The molecule has 1 aromatic carbocycles. The molecule has 1 aromatic heterocycles. The van der Waals surface area contributed by atoms with E-state index < -0.39 is 0 Å². The second kappa shape index (κ2) is 7.98. The number of ether oxygens (including phenoxy) is 2. The zero-order valence-electron chi connectivity index (χ0n) is 14.5. The van der Waals surface area contributed by atoms with E-state index >= 15 is 0 Å². The second-order valence-electron chi connectivity index (χ2n) is 5.93. The maximum atomic E-state index is 12.7. The molecule has 3 rings (SSSR count). The lowest BCUT2D eigenvalue weighted by molar-refractivity contribution is 0.146. The summed E-state index contributed by atoms with van der Waals surface area (Å²) in [6.07, 6.45) is 1.80. The number of carbonyl (C=O) groups is 1. The molecule has 8 nitrogen and oxygen atoms in total. The van der Waals surface area contributed by atoms with E-state index in [4.69, 9.17) is 9.47 Å². The van der Waals surface area contributed by atoms with Crippen LogP contribution < -0.4 is 10.1 Å². The number of urea groups is 1. The Hall–Kier alpha value is -2.61. The highest BCUT2D eigenvalue weighted by Gasteiger charge is 2.32. The van der Waals surface area contributed by atoms with E-state index in [-0.39, 0.29) is 12.1 Å². The van der Waals surface area contributed by atoms with Gasteiger partial charge in [0.25, 0.3) is 0 Å². The van der Waals surface area contributed by atoms with Crippen LogP contribution in [0.5, 0.6) is 5.75 Å². The van der Waals surface area contributed by atoms with Crippen molar-refractivity contribution in [2.24, 2.45) is 0 Å². The molecule has 2 amide bonds. The minimum absolute atomic E-state index is 0.0916. The summed E-state index contributed by atoms with van der Waals surface area (Å²) in [5, 5.41) is 9.98. The molecule has 1 atom stereocenters. The third-order valence-electron chi connectivity index (χ3n) is 4.07. The predicted molar refractivity (Wildman–Crippen MR) is 92.6 cm³/mol. The number of rotatable bonds is 6. The summed E-state index contributed by atoms with van der Waals surface area (Å²) in [7, 11) is 1.63. The van der Waals surface area contributed by atoms with Crippen LogP contribution in [-0.4, -0.2) is 53.0 Å². The van der Waals surface area contributed by atoms with E-state index in [0.717, 1.165) is 18.7 Å². The highest BCUT2D eigenvalue weighted by Crippen LogP contribution is 2.30. The van der Waals surface area contributed by atoms with Crippen molar-refractivity contribution in [3.05, 3.63) is 35.9 Å². The molecule has 1 saturated heterocycles. The average molecular weight is 345 g/mol. The second-order valence-corrected chi connectivity index (χ2v) is 5.93. The Labute approximate surface area is 146 Å². The van der Waals surface area contributed by atoms with Crippen molar-refractivity contribution in [2.75, 3.05) is 32.2 Å². The summed E-state index contributed by atoms with van der Waals surface area (Å²) in [4.78, 5) is 18.8. The van der Waals surface area contributed by atoms with Crippen LogP contribution >= 0.6 is 0 Å². The van der Waals surface area contributed by atoms with Crippen LogP contribution in [0.4, 0.5) is 10.5 Å². The Morgan fingerprint density at radius 3 is 3.08 bits per heavy atom. The molecular weight excluding hydrogens is 322 g/mol. The average Bonchev–Trinajstić information content (AvgIpc) is 3.24. The number of nitrogens with one attached hydrogen (secondary N) is 2. The first-order chi connectivity index (χ1) is 12.2. The number of aromatic nitrogens is 3. The third kappa shape index (κ3) is 4.27. The minimum Gasteiger partial charge on any atom is -0.491 e. The van der Waals surface area contributed by atoms with Gasteiger partial charge in [-0.15, -0.1) is 0 Å². The summed E-state index contributed by atoms with van der Waals surface area (Å²) < 4.78 is 10.5. The standard InChI is InChI=1S/C17H23N5O3/c1-12-18-16(21-20-12)15-7-4-8-22(15)17(23)19-13-5-3-6-14(11-13)25-10-9-24-2/h3,5-6,11,15H,4,7-10H2,1-2H3,(H,19,23)(H,18,20,21)/t15-/m1/s1. The summed E-state index contributed by atoms with van der Waals surface area (Å²) >= 11 is 0. The van der Waals surface area contributed by atoms with Gasteiger partial charge in [0.05, 0.1) is 12.6 Å². The van der Waals surface area contributed by atoms with Crippen LogP contribution in [0.2, 0.25) is 0 Å². The fourth-order valence-electron chi connectivity index (χ4n) is 2.89. The van der Waals surface area contributed by atoms with Crippen molar-refractivity contribution in [1.82, 2.24) is 20.1 Å². The summed E-state index contributed by atoms with van der Waals surface area (Å²) in [6, 6.07) is 7.08. The Morgan fingerprint density at radius 2 is 2.32 bits per heavy atom. The highest BCUT2D eigenvalue weighted by molar-refractivity contribution is 5.90. The van der Waals surface area contributed by atoms with E-state index in [2.05, 4.69) is 20.5 Å². The number of hydrogen-bond donors (Lipinski definition) is 2. The van der Waals surface area contributed by atoms with Gasteiger partial charge in [0.15, 0.2) is 5.82 Å². The molecule has 1 aliphatic heterocycles. The number of amides is 2. The molecule has 1 aliphatic rings. The van der Waals surface area contributed by atoms with Gasteiger partial charge in [0.2, 0.25) is 0 Å². The van der Waals surface area contributed by atoms with Gasteiger partial charge in [-0.1, -0.05) is 6.07 Å². The van der Waals surface area contributed by atoms with Crippen molar-refractivity contribution in [3.63, 3.8) is 0 Å². The molecular formula is C17H23N5O3. The number of anilines is 1. The van der Waals surface area contributed by atoms with Crippen molar-refractivity contribution in [3.8, 4) is 5.75 Å². The van der Waals surface area contributed by atoms with Crippen LogP contribution in [0.1, 0.15) is 30.5 Å². The number of aryl methyl sites for hydroxylation is 1. The molecule has 25 heavy (non-hydrogen) atoms. The molecule has 1 fully saturated rings. The first kappa shape index (κ1) is 17.2. The molecule has 0 unspecified atom stereocenters. The lowest BCUT2D eigenvalue weighted by atomic mass is 10.2. The van der Waals surface area contributed by atoms with Gasteiger partial charge >= 0.3 is 6.03 Å². The predicted octanol–water partition coefficient (Wildman–Crippen LogP) is 2.51. The molecule has 2 aromatic rings. The first-order valence-corrected chi connectivity index (χ1v) is 8.35. The molecule has 0 radical (unpaired) electrons. The van der Waals surface area contributed by atoms with Gasteiger partial charge in [-0.3, -0.25) is 5.10 Å². The van der Waals surface area contributed by atoms with Crippen molar-refractivity contribution < 1.29 is 14.3 Å². The Kier molecular flexibility index (Phi) is 5.49. The molecule has 0 saturated carbocycles. The van der Waals surface area contributed by atoms with Crippen LogP contribution in [0.3, 0.4) is 0 Å². The van der Waals surface area contributed by atoms with Gasteiger partial charge in [-0.25, -0.2) is 9.78 Å². The minimum atomic E-state index is -0.154. The Balaban J connectivity index is 1.64. The van der Waals surface area contributed by atoms with Crippen LogP contribution in [0, 0.1) is 6.92 Å². The quantitative estimate of drug-likeness (QED) is 0.785. The SMILES string of the molecule is COCCOc1cccc(NC(=O)N2CCC[C@@H]2c2n[nH]c(C)n2)c1. The Morgan fingerprint density at radius 1 is 1.44 bits per heavy atom. The summed E-state index contributed by atoms with van der Waals surface area (Å²) in [6.45, 7) is 3.52. The molecule has 0 bridgehead atoms. The zero-order chi connectivity index (χ0) is 17.6. The first-order valence-electron chi connectivity index (χ1n) is 8.35. The molecule has 134 valence electrons. The largest absolute Gasteiger partial charge is 0.491 e. The van der Waals surface area contributed by atoms with Gasteiger partial charge in [-0.05, 0) is 31.9 Å². The van der Waals surface area contributed by atoms with E-state index in [1.54, 1.807) is 18.1 Å². The molecule has 0 spiro atoms. The van der Waals surface area contributed by atoms with E-state index in [0.29, 0.717) is 37.0 Å². The van der Waals surface area contributed by atoms with Crippen LogP contribution in [-0.2, 0) is 4.74 Å². The fraction of sp³-hybridized carbons (Fsp3) is 0.471. The fourth-order valence-corrected chi connectivity index (χ4v) is 2.89. The number of likely N-dealkylation sites (tertiary alicyclic amines) is 1. The van der Waals surface area contributed by atoms with Crippen molar-refractivity contribution in [2.45, 2.75) is 25.8 Å². The molecule has 2 heterocycles. The summed E-state index contributed by atoms with van der Waals surface area (Å²) in [5.74, 6) is 2.11. The zero-order valence-corrected chi connectivity index (χ0v) is 14.5. The van der Waals surface area contributed by atoms with E-state index in [1.807, 2.05) is 25.1 Å². The number of hydrogen-bond acceptors (Lipinski definition) is 5. The van der Waals surface area contributed by atoms with E-state index in [1.165, 1.54) is 0 Å². The Bertz CT molecular complexity index is 718. The van der Waals surface area contributed by atoms with E-state index in [9.17, 15) is 4.79 Å². The number of H-pyrrole nitrogens is 1.